The summed E-state index contributed by atoms with van der Waals surface area (Å²) >= 11 is 0. The van der Waals surface area contributed by atoms with Crippen LogP contribution in [-0.4, -0.2) is 11.1 Å². The van der Waals surface area contributed by atoms with E-state index in [1.165, 1.54) is 6.92 Å². The van der Waals surface area contributed by atoms with Crippen LogP contribution in [0.5, 0.6) is 0 Å². The van der Waals surface area contributed by atoms with E-state index in [-0.39, 0.29) is 11.1 Å². The van der Waals surface area contributed by atoms with Gasteiger partial charge in [0, 0.05) is 0 Å². The first-order chi connectivity index (χ1) is 7.29. The highest BCUT2D eigenvalue weighted by molar-refractivity contribution is 5.92. The molecule has 6 heteroatoms. The van der Waals surface area contributed by atoms with Crippen LogP contribution in [0.2, 0.25) is 0 Å². The average Bonchev–Trinajstić information content (AvgIpc) is 2.15. The molecule has 0 saturated heterocycles. The zero-order valence-electron chi connectivity index (χ0n) is 8.09. The highest BCUT2D eigenvalue weighted by Gasteiger charge is 2.36. The Hall–Kier alpha value is -2.03. The van der Waals surface area contributed by atoms with Gasteiger partial charge in [-0.2, -0.15) is 18.4 Å². The van der Waals surface area contributed by atoms with Crippen LogP contribution in [0.1, 0.15) is 27.0 Å². The Kier molecular flexibility index (Phi) is 2.90. The normalized spacial score (nSPS) is 10.9. The molecular formula is C10H6F3NO2. The average molecular weight is 229 g/mol. The number of carbonyl (C=O) groups is 1. The molecule has 0 aromatic heterocycles. The first-order valence-electron chi connectivity index (χ1n) is 4.13. The van der Waals surface area contributed by atoms with Crippen molar-refractivity contribution in [2.45, 2.75) is 13.1 Å². The number of halogens is 3. The summed E-state index contributed by atoms with van der Waals surface area (Å²) in [7, 11) is 0. The SMILES string of the molecule is Cc1c(C#N)ccc(C(F)(F)F)c1C(=O)O. The third-order valence-corrected chi connectivity index (χ3v) is 2.10. The molecule has 0 saturated carbocycles. The Balaban J connectivity index is 3.62. The first kappa shape index (κ1) is 12.0. The van der Waals surface area contributed by atoms with Crippen LogP contribution in [0.4, 0.5) is 13.2 Å². The molecule has 1 N–H and O–H groups in total. The van der Waals surface area contributed by atoms with Gasteiger partial charge in [-0.25, -0.2) is 4.79 Å². The molecule has 0 unspecified atom stereocenters. The van der Waals surface area contributed by atoms with E-state index in [9.17, 15) is 18.0 Å². The van der Waals surface area contributed by atoms with E-state index >= 15 is 0 Å². The van der Waals surface area contributed by atoms with E-state index in [2.05, 4.69) is 0 Å². The highest BCUT2D eigenvalue weighted by Crippen LogP contribution is 2.34. The molecule has 0 bridgehead atoms. The number of alkyl halides is 3. The van der Waals surface area contributed by atoms with Crippen molar-refractivity contribution in [1.82, 2.24) is 0 Å². The lowest BCUT2D eigenvalue weighted by atomic mass is 9.97. The van der Waals surface area contributed by atoms with Crippen LogP contribution >= 0.6 is 0 Å². The lowest BCUT2D eigenvalue weighted by Gasteiger charge is -2.12. The highest BCUT2D eigenvalue weighted by atomic mass is 19.4. The number of carboxylic acids is 1. The molecule has 0 radical (unpaired) electrons. The summed E-state index contributed by atoms with van der Waals surface area (Å²) < 4.78 is 37.4. The van der Waals surface area contributed by atoms with Gasteiger partial charge in [0.1, 0.15) is 0 Å². The maximum atomic E-state index is 12.5. The van der Waals surface area contributed by atoms with Gasteiger partial charge in [-0.15, -0.1) is 0 Å². The zero-order valence-corrected chi connectivity index (χ0v) is 8.09. The third-order valence-electron chi connectivity index (χ3n) is 2.10. The van der Waals surface area contributed by atoms with E-state index in [1.54, 1.807) is 6.07 Å². The van der Waals surface area contributed by atoms with Crippen molar-refractivity contribution in [2.75, 3.05) is 0 Å². The minimum absolute atomic E-state index is 0.0783. The molecule has 0 aliphatic heterocycles. The smallest absolute Gasteiger partial charge is 0.417 e. The molecule has 1 rings (SSSR count). The molecule has 0 aliphatic carbocycles. The number of rotatable bonds is 1. The summed E-state index contributed by atoms with van der Waals surface area (Å²) in [6, 6.07) is 3.21. The van der Waals surface area contributed by atoms with E-state index in [4.69, 9.17) is 10.4 Å². The van der Waals surface area contributed by atoms with Gasteiger partial charge in [0.2, 0.25) is 0 Å². The van der Waals surface area contributed by atoms with Gasteiger partial charge in [0.15, 0.2) is 0 Å². The third kappa shape index (κ3) is 1.98. The van der Waals surface area contributed by atoms with E-state index < -0.39 is 23.3 Å². The summed E-state index contributed by atoms with van der Waals surface area (Å²) in [5.41, 5.74) is -2.36. The lowest BCUT2D eigenvalue weighted by Crippen LogP contribution is -2.15. The van der Waals surface area contributed by atoms with Crippen molar-refractivity contribution in [1.29, 1.82) is 5.26 Å². The Morgan fingerprint density at radius 2 is 2.00 bits per heavy atom. The predicted molar refractivity (Wildman–Crippen MR) is 47.9 cm³/mol. The second-order valence-electron chi connectivity index (χ2n) is 3.08. The number of hydrogen-bond acceptors (Lipinski definition) is 2. The fourth-order valence-corrected chi connectivity index (χ4v) is 1.34. The van der Waals surface area contributed by atoms with Gasteiger partial charge in [0.05, 0.1) is 22.8 Å². The van der Waals surface area contributed by atoms with Crippen molar-refractivity contribution in [3.8, 4) is 6.07 Å². The Morgan fingerprint density at radius 1 is 1.44 bits per heavy atom. The van der Waals surface area contributed by atoms with Crippen LogP contribution in [-0.2, 0) is 6.18 Å². The number of nitriles is 1. The number of aromatic carboxylic acids is 1. The van der Waals surface area contributed by atoms with Crippen LogP contribution in [0.3, 0.4) is 0 Å². The van der Waals surface area contributed by atoms with Crippen molar-refractivity contribution in [2.24, 2.45) is 0 Å². The molecule has 0 fully saturated rings. The largest absolute Gasteiger partial charge is 0.478 e. The minimum atomic E-state index is -4.74. The summed E-state index contributed by atoms with van der Waals surface area (Å²) in [5, 5.41) is 17.3. The van der Waals surface area contributed by atoms with Crippen LogP contribution in [0.25, 0.3) is 0 Å². The van der Waals surface area contributed by atoms with Crippen LogP contribution < -0.4 is 0 Å². The predicted octanol–water partition coefficient (Wildman–Crippen LogP) is 2.58. The summed E-state index contributed by atoms with van der Waals surface area (Å²) in [5.74, 6) is -1.69. The fraction of sp³-hybridized carbons (Fsp3) is 0.200. The van der Waals surface area contributed by atoms with Gasteiger partial charge >= 0.3 is 12.1 Å². The molecule has 1 aromatic rings. The van der Waals surface area contributed by atoms with Gasteiger partial charge in [0.25, 0.3) is 0 Å². The summed E-state index contributed by atoms with van der Waals surface area (Å²) in [6.45, 7) is 1.18. The summed E-state index contributed by atoms with van der Waals surface area (Å²) in [4.78, 5) is 10.7. The lowest BCUT2D eigenvalue weighted by molar-refractivity contribution is -0.138. The Bertz CT molecular complexity index is 486. The molecule has 0 spiro atoms. The standard InChI is InChI=1S/C10H6F3NO2/c1-5-6(4-14)2-3-7(10(11,12)13)8(5)9(15)16/h2-3H,1H3,(H,15,16). The zero-order chi connectivity index (χ0) is 12.5. The molecule has 0 heterocycles. The van der Waals surface area contributed by atoms with Crippen LogP contribution in [0.15, 0.2) is 12.1 Å². The van der Waals surface area contributed by atoms with E-state index in [0.717, 1.165) is 6.07 Å². The molecule has 0 aliphatic rings. The van der Waals surface area contributed by atoms with Crippen LogP contribution in [0, 0.1) is 18.3 Å². The Morgan fingerprint density at radius 3 is 2.38 bits per heavy atom. The van der Waals surface area contributed by atoms with Gasteiger partial charge < -0.3 is 5.11 Å². The van der Waals surface area contributed by atoms with E-state index in [0.29, 0.717) is 6.07 Å². The topological polar surface area (TPSA) is 61.1 Å². The molecule has 3 nitrogen and oxygen atoms in total. The van der Waals surface area contributed by atoms with Gasteiger partial charge in [-0.1, -0.05) is 0 Å². The second-order valence-corrected chi connectivity index (χ2v) is 3.08. The molecule has 16 heavy (non-hydrogen) atoms. The second kappa shape index (κ2) is 3.85. The molecule has 0 amide bonds. The maximum Gasteiger partial charge on any atom is 0.417 e. The van der Waals surface area contributed by atoms with Crippen molar-refractivity contribution >= 4 is 5.97 Å². The number of benzene rings is 1. The van der Waals surface area contributed by atoms with Gasteiger partial charge in [-0.3, -0.25) is 0 Å². The molecule has 1 aromatic carbocycles. The molecule has 84 valence electrons. The molecular weight excluding hydrogens is 223 g/mol. The van der Waals surface area contributed by atoms with E-state index in [1.807, 2.05) is 0 Å². The van der Waals surface area contributed by atoms with Gasteiger partial charge in [-0.05, 0) is 24.6 Å². The maximum absolute atomic E-state index is 12.5. The number of carboxylic acid groups (broad SMARTS) is 1. The van der Waals surface area contributed by atoms with Crippen molar-refractivity contribution in [3.05, 3.63) is 34.4 Å². The van der Waals surface area contributed by atoms with Crippen molar-refractivity contribution in [3.63, 3.8) is 0 Å². The number of nitrogens with zero attached hydrogens (tertiary/aromatic N) is 1. The molecule has 0 atom stereocenters. The Labute approximate surface area is 88.7 Å². The van der Waals surface area contributed by atoms with Crippen molar-refractivity contribution < 1.29 is 23.1 Å². The quantitative estimate of drug-likeness (QED) is 0.804. The summed E-state index contributed by atoms with van der Waals surface area (Å²) in [6.07, 6.45) is -4.74. The fourth-order valence-electron chi connectivity index (χ4n) is 1.34. The first-order valence-corrected chi connectivity index (χ1v) is 4.13. The monoisotopic (exact) mass is 229 g/mol. The number of hydrogen-bond donors (Lipinski definition) is 1. The minimum Gasteiger partial charge on any atom is -0.478 e.